The molecule has 1 aromatic carbocycles. The molecule has 0 atom stereocenters. The third kappa shape index (κ3) is 4.96. The summed E-state index contributed by atoms with van der Waals surface area (Å²) in [6, 6.07) is 6.74. The molecule has 1 rings (SSSR count). The van der Waals surface area contributed by atoms with Crippen LogP contribution in [0.5, 0.6) is 0 Å². The molecule has 19 heavy (non-hydrogen) atoms. The normalized spacial score (nSPS) is 11.8. The summed E-state index contributed by atoms with van der Waals surface area (Å²) in [7, 11) is 4.13. The highest BCUT2D eigenvalue weighted by molar-refractivity contribution is 5.32. The number of hydrogen-bond donors (Lipinski definition) is 1. The Kier molecular flexibility index (Phi) is 5.44. The fraction of sp³-hybridized carbons (Fsp3) is 0.571. The molecule has 5 nitrogen and oxygen atoms in total. The average molecular weight is 265 g/mol. The summed E-state index contributed by atoms with van der Waals surface area (Å²) in [5, 5.41) is 14.0. The van der Waals surface area contributed by atoms with E-state index in [2.05, 4.69) is 38.2 Å². The molecule has 0 radical (unpaired) electrons. The first-order valence-electron chi connectivity index (χ1n) is 6.44. The van der Waals surface area contributed by atoms with E-state index < -0.39 is 0 Å². The van der Waals surface area contributed by atoms with Gasteiger partial charge in [0.05, 0.1) is 4.92 Å². The summed E-state index contributed by atoms with van der Waals surface area (Å²) >= 11 is 0. The molecule has 0 saturated carbocycles. The lowest BCUT2D eigenvalue weighted by Gasteiger charge is -2.32. The number of nitrogens with one attached hydrogen (secondary N) is 1. The van der Waals surface area contributed by atoms with Crippen LogP contribution in [0.2, 0.25) is 0 Å². The van der Waals surface area contributed by atoms with Gasteiger partial charge in [0.2, 0.25) is 0 Å². The number of hydrogen-bond acceptors (Lipinski definition) is 4. The SMILES string of the molecule is CN(C)C(C)(C)CNCCc1ccc([N+](=O)[O-])cc1. The van der Waals surface area contributed by atoms with Gasteiger partial charge in [0, 0.05) is 24.2 Å². The van der Waals surface area contributed by atoms with Crippen LogP contribution >= 0.6 is 0 Å². The van der Waals surface area contributed by atoms with Gasteiger partial charge in [0.25, 0.3) is 5.69 Å². The summed E-state index contributed by atoms with van der Waals surface area (Å²) in [6.45, 7) is 6.15. The minimum atomic E-state index is -0.373. The Balaban J connectivity index is 2.36. The Bertz CT molecular complexity index is 413. The van der Waals surface area contributed by atoms with Crippen molar-refractivity contribution in [2.24, 2.45) is 0 Å². The van der Waals surface area contributed by atoms with E-state index in [0.29, 0.717) is 0 Å². The lowest BCUT2D eigenvalue weighted by atomic mass is 10.0. The van der Waals surface area contributed by atoms with E-state index in [1.165, 1.54) is 0 Å². The van der Waals surface area contributed by atoms with E-state index in [9.17, 15) is 10.1 Å². The Hall–Kier alpha value is -1.46. The second-order valence-electron chi connectivity index (χ2n) is 5.56. The van der Waals surface area contributed by atoms with E-state index in [4.69, 9.17) is 0 Å². The summed E-state index contributed by atoms with van der Waals surface area (Å²) < 4.78 is 0. The van der Waals surface area contributed by atoms with E-state index in [-0.39, 0.29) is 16.1 Å². The van der Waals surface area contributed by atoms with Gasteiger partial charge in [0.1, 0.15) is 0 Å². The van der Waals surface area contributed by atoms with Gasteiger partial charge in [-0.25, -0.2) is 0 Å². The Morgan fingerprint density at radius 3 is 2.32 bits per heavy atom. The zero-order valence-electron chi connectivity index (χ0n) is 12.1. The summed E-state index contributed by atoms with van der Waals surface area (Å²) in [5.41, 5.74) is 1.38. The van der Waals surface area contributed by atoms with Crippen molar-refractivity contribution in [2.75, 3.05) is 27.2 Å². The van der Waals surface area contributed by atoms with Crippen LogP contribution in [0.4, 0.5) is 5.69 Å². The Morgan fingerprint density at radius 2 is 1.84 bits per heavy atom. The highest BCUT2D eigenvalue weighted by atomic mass is 16.6. The molecule has 0 unspecified atom stereocenters. The fourth-order valence-electron chi connectivity index (χ4n) is 1.57. The first-order chi connectivity index (χ1) is 8.83. The summed E-state index contributed by atoms with van der Waals surface area (Å²) in [5.74, 6) is 0. The van der Waals surface area contributed by atoms with Crippen LogP contribution in [0.3, 0.4) is 0 Å². The lowest BCUT2D eigenvalue weighted by molar-refractivity contribution is -0.384. The largest absolute Gasteiger partial charge is 0.315 e. The van der Waals surface area contributed by atoms with Crippen molar-refractivity contribution in [2.45, 2.75) is 25.8 Å². The quantitative estimate of drug-likeness (QED) is 0.466. The number of rotatable bonds is 7. The average Bonchev–Trinajstić information content (AvgIpc) is 2.35. The van der Waals surface area contributed by atoms with Gasteiger partial charge in [-0.05, 0) is 46.5 Å². The molecule has 1 N–H and O–H groups in total. The molecular formula is C14H23N3O2. The Morgan fingerprint density at radius 1 is 1.26 bits per heavy atom. The molecule has 0 fully saturated rings. The van der Waals surface area contributed by atoms with Crippen molar-refractivity contribution in [3.8, 4) is 0 Å². The third-order valence-corrected chi connectivity index (χ3v) is 3.51. The molecule has 5 heteroatoms. The zero-order chi connectivity index (χ0) is 14.5. The molecular weight excluding hydrogens is 242 g/mol. The van der Waals surface area contributed by atoms with Crippen LogP contribution in [0.1, 0.15) is 19.4 Å². The molecule has 0 saturated heterocycles. The highest BCUT2D eigenvalue weighted by Crippen LogP contribution is 2.12. The molecule has 0 aliphatic carbocycles. The molecule has 0 amide bonds. The molecule has 0 aliphatic heterocycles. The van der Waals surface area contributed by atoms with Crippen molar-refractivity contribution in [1.82, 2.24) is 10.2 Å². The maximum Gasteiger partial charge on any atom is 0.269 e. The van der Waals surface area contributed by atoms with E-state index in [0.717, 1.165) is 25.1 Å². The zero-order valence-corrected chi connectivity index (χ0v) is 12.1. The highest BCUT2D eigenvalue weighted by Gasteiger charge is 2.19. The van der Waals surface area contributed by atoms with Gasteiger partial charge >= 0.3 is 0 Å². The second kappa shape index (κ2) is 6.63. The topological polar surface area (TPSA) is 58.4 Å². The van der Waals surface area contributed by atoms with E-state index >= 15 is 0 Å². The minimum absolute atomic E-state index is 0.121. The predicted octanol–water partition coefficient (Wildman–Crippen LogP) is 2.07. The predicted molar refractivity (Wildman–Crippen MR) is 77.4 cm³/mol. The number of non-ortho nitro benzene ring substituents is 1. The molecule has 0 aliphatic rings. The number of nitrogens with zero attached hydrogens (tertiary/aromatic N) is 2. The van der Waals surface area contributed by atoms with Gasteiger partial charge in [0.15, 0.2) is 0 Å². The first-order valence-corrected chi connectivity index (χ1v) is 6.44. The number of nitro groups is 1. The van der Waals surface area contributed by atoms with Crippen molar-refractivity contribution in [3.63, 3.8) is 0 Å². The fourth-order valence-corrected chi connectivity index (χ4v) is 1.57. The van der Waals surface area contributed by atoms with E-state index in [1.54, 1.807) is 12.1 Å². The van der Waals surface area contributed by atoms with Gasteiger partial charge in [-0.15, -0.1) is 0 Å². The standard InChI is InChI=1S/C14H23N3O2/c1-14(2,16(3)4)11-15-10-9-12-5-7-13(8-6-12)17(18)19/h5-8,15H,9-11H2,1-4H3. The molecule has 106 valence electrons. The van der Waals surface area contributed by atoms with Gasteiger partial charge < -0.3 is 10.2 Å². The maximum absolute atomic E-state index is 10.5. The maximum atomic E-state index is 10.5. The smallest absolute Gasteiger partial charge is 0.269 e. The third-order valence-electron chi connectivity index (χ3n) is 3.51. The van der Waals surface area contributed by atoms with Crippen molar-refractivity contribution >= 4 is 5.69 Å². The van der Waals surface area contributed by atoms with E-state index in [1.807, 2.05) is 12.1 Å². The monoisotopic (exact) mass is 265 g/mol. The molecule has 0 spiro atoms. The van der Waals surface area contributed by atoms with Gasteiger partial charge in [-0.2, -0.15) is 0 Å². The van der Waals surface area contributed by atoms with Crippen LogP contribution in [0.15, 0.2) is 24.3 Å². The summed E-state index contributed by atoms with van der Waals surface area (Å²) in [4.78, 5) is 12.3. The van der Waals surface area contributed by atoms with Crippen molar-refractivity contribution in [3.05, 3.63) is 39.9 Å². The summed E-state index contributed by atoms with van der Waals surface area (Å²) in [6.07, 6.45) is 0.876. The van der Waals surface area contributed by atoms with Crippen LogP contribution in [0.25, 0.3) is 0 Å². The van der Waals surface area contributed by atoms with Crippen molar-refractivity contribution in [1.29, 1.82) is 0 Å². The number of benzene rings is 1. The van der Waals surface area contributed by atoms with Crippen molar-refractivity contribution < 1.29 is 4.92 Å². The number of likely N-dealkylation sites (N-methyl/N-ethyl adjacent to an activating group) is 1. The second-order valence-corrected chi connectivity index (χ2v) is 5.56. The minimum Gasteiger partial charge on any atom is -0.315 e. The van der Waals surface area contributed by atoms with Crippen LogP contribution in [0, 0.1) is 10.1 Å². The molecule has 0 aromatic heterocycles. The molecule has 1 aromatic rings. The number of nitro benzene ring substituents is 1. The van der Waals surface area contributed by atoms with Gasteiger partial charge in [-0.3, -0.25) is 10.1 Å². The van der Waals surface area contributed by atoms with Gasteiger partial charge in [-0.1, -0.05) is 12.1 Å². The van der Waals surface area contributed by atoms with Crippen LogP contribution in [-0.2, 0) is 6.42 Å². The first kappa shape index (κ1) is 15.6. The lowest BCUT2D eigenvalue weighted by Crippen LogP contribution is -2.47. The van der Waals surface area contributed by atoms with Crippen LogP contribution in [-0.4, -0.2) is 42.5 Å². The molecule has 0 bridgehead atoms. The molecule has 0 heterocycles. The van der Waals surface area contributed by atoms with Crippen LogP contribution < -0.4 is 5.32 Å². The Labute approximate surface area is 114 Å².